The minimum absolute atomic E-state index is 0.0866. The van der Waals surface area contributed by atoms with Crippen LogP contribution in [0.2, 0.25) is 0 Å². The highest BCUT2D eigenvalue weighted by Crippen LogP contribution is 2.49. The van der Waals surface area contributed by atoms with E-state index in [1.165, 1.54) is 5.56 Å². The van der Waals surface area contributed by atoms with Gasteiger partial charge in [-0.1, -0.05) is 19.1 Å². The molecule has 1 aliphatic heterocycles. The van der Waals surface area contributed by atoms with Gasteiger partial charge in [0.15, 0.2) is 6.61 Å². The summed E-state index contributed by atoms with van der Waals surface area (Å²) >= 11 is 0. The number of ether oxygens (including phenoxy) is 3. The van der Waals surface area contributed by atoms with Gasteiger partial charge < -0.3 is 24.4 Å². The fraction of sp³-hybridized carbons (Fsp3) is 0.692. The summed E-state index contributed by atoms with van der Waals surface area (Å²) in [6.07, 6.45) is 5.70. The molecule has 1 aromatic carbocycles. The van der Waals surface area contributed by atoms with Crippen LogP contribution in [0.3, 0.4) is 0 Å². The SMILES string of the molecule is CC[C@H](O)CC[C@@H]1[C@H]2Cc3cccc(OCC(=O)O)c3C[C@H]2C[C@H]1OC(=O)C1CCOCC1. The summed E-state index contributed by atoms with van der Waals surface area (Å²) in [5, 5.41) is 19.2. The van der Waals surface area contributed by atoms with E-state index in [0.717, 1.165) is 37.7 Å². The molecule has 182 valence electrons. The maximum atomic E-state index is 12.9. The molecular weight excluding hydrogens is 424 g/mol. The molecule has 0 spiro atoms. The van der Waals surface area contributed by atoms with Crippen molar-refractivity contribution in [3.63, 3.8) is 0 Å². The molecule has 0 unspecified atom stereocenters. The number of fused-ring (bicyclic) bond motifs is 2. The Balaban J connectivity index is 1.50. The van der Waals surface area contributed by atoms with Gasteiger partial charge >= 0.3 is 11.9 Å². The van der Waals surface area contributed by atoms with E-state index in [0.29, 0.717) is 50.1 Å². The molecule has 0 aromatic heterocycles. The highest BCUT2D eigenvalue weighted by Gasteiger charge is 2.47. The molecule has 0 radical (unpaired) electrons. The number of hydrogen-bond donors (Lipinski definition) is 2. The first kappa shape index (κ1) is 24.0. The predicted molar refractivity (Wildman–Crippen MR) is 121 cm³/mol. The van der Waals surface area contributed by atoms with Crippen molar-refractivity contribution in [1.29, 1.82) is 0 Å². The van der Waals surface area contributed by atoms with Crippen molar-refractivity contribution < 1.29 is 34.0 Å². The van der Waals surface area contributed by atoms with Gasteiger partial charge in [0, 0.05) is 13.2 Å². The highest BCUT2D eigenvalue weighted by atomic mass is 16.5. The van der Waals surface area contributed by atoms with Crippen LogP contribution in [0.15, 0.2) is 18.2 Å². The number of benzene rings is 1. The summed E-state index contributed by atoms with van der Waals surface area (Å²) in [6.45, 7) is 2.85. The Bertz CT molecular complexity index is 832. The van der Waals surface area contributed by atoms with Gasteiger partial charge in [-0.25, -0.2) is 4.79 Å². The van der Waals surface area contributed by atoms with E-state index >= 15 is 0 Å². The van der Waals surface area contributed by atoms with E-state index in [9.17, 15) is 14.7 Å². The average Bonchev–Trinajstić information content (AvgIpc) is 3.15. The van der Waals surface area contributed by atoms with Gasteiger partial charge in [-0.15, -0.1) is 0 Å². The monoisotopic (exact) mass is 460 g/mol. The molecule has 3 aliphatic rings. The van der Waals surface area contributed by atoms with Crippen molar-refractivity contribution in [2.24, 2.45) is 23.7 Å². The van der Waals surface area contributed by atoms with Crippen LogP contribution in [-0.2, 0) is 31.9 Å². The van der Waals surface area contributed by atoms with Crippen LogP contribution in [0, 0.1) is 23.7 Å². The molecule has 7 nitrogen and oxygen atoms in total. The third-order valence-corrected chi connectivity index (χ3v) is 7.80. The molecule has 1 heterocycles. The molecular formula is C26H36O7. The van der Waals surface area contributed by atoms with Gasteiger partial charge in [-0.2, -0.15) is 0 Å². The summed E-state index contributed by atoms with van der Waals surface area (Å²) in [7, 11) is 0. The molecule has 4 rings (SSSR count). The topological polar surface area (TPSA) is 102 Å². The van der Waals surface area contributed by atoms with Gasteiger partial charge in [0.05, 0.1) is 12.0 Å². The largest absolute Gasteiger partial charge is 0.482 e. The molecule has 7 heteroatoms. The first-order valence-corrected chi connectivity index (χ1v) is 12.4. The second-order valence-electron chi connectivity index (χ2n) is 9.81. The maximum Gasteiger partial charge on any atom is 0.341 e. The van der Waals surface area contributed by atoms with Crippen molar-refractivity contribution in [2.45, 2.75) is 70.5 Å². The zero-order valence-corrected chi connectivity index (χ0v) is 19.4. The van der Waals surface area contributed by atoms with Crippen LogP contribution in [0.5, 0.6) is 5.75 Å². The fourth-order valence-electron chi connectivity index (χ4n) is 5.95. The quantitative estimate of drug-likeness (QED) is 0.545. The van der Waals surface area contributed by atoms with Crippen LogP contribution in [0.1, 0.15) is 56.6 Å². The van der Waals surface area contributed by atoms with E-state index in [4.69, 9.17) is 19.3 Å². The Labute approximate surface area is 195 Å². The zero-order valence-electron chi connectivity index (χ0n) is 19.4. The number of esters is 1. The summed E-state index contributed by atoms with van der Waals surface area (Å²) in [4.78, 5) is 23.9. The van der Waals surface area contributed by atoms with Gasteiger partial charge in [0.25, 0.3) is 0 Å². The normalized spacial score (nSPS) is 27.9. The number of hydrogen-bond acceptors (Lipinski definition) is 6. The molecule has 2 aliphatic carbocycles. The lowest BCUT2D eigenvalue weighted by molar-refractivity contribution is -0.159. The number of carbonyl (C=O) groups is 2. The lowest BCUT2D eigenvalue weighted by Crippen LogP contribution is -2.32. The van der Waals surface area contributed by atoms with Gasteiger partial charge in [0.2, 0.25) is 0 Å². The predicted octanol–water partition coefficient (Wildman–Crippen LogP) is 3.39. The molecule has 1 aromatic rings. The van der Waals surface area contributed by atoms with E-state index in [2.05, 4.69) is 6.07 Å². The molecule has 1 saturated heterocycles. The van der Waals surface area contributed by atoms with E-state index in [1.807, 2.05) is 19.1 Å². The molecule has 0 bridgehead atoms. The summed E-state index contributed by atoms with van der Waals surface area (Å²) in [5.74, 6) is 0.414. The minimum atomic E-state index is -0.989. The van der Waals surface area contributed by atoms with Crippen molar-refractivity contribution in [1.82, 2.24) is 0 Å². The standard InChI is InChI=1S/C26H36O7/c1-2-19(27)6-7-20-21-12-17-4-3-5-23(32-15-25(28)29)22(17)13-18(21)14-24(20)33-26(30)16-8-10-31-11-9-16/h3-5,16,18-21,24,27H,2,6-15H2,1H3,(H,28,29)/t18-,19-,20+,21-,24+/m0/s1. The smallest absolute Gasteiger partial charge is 0.341 e. The van der Waals surface area contributed by atoms with Crippen molar-refractivity contribution in [2.75, 3.05) is 19.8 Å². The molecule has 0 amide bonds. The highest BCUT2D eigenvalue weighted by molar-refractivity contribution is 5.72. The van der Waals surface area contributed by atoms with E-state index in [1.54, 1.807) is 0 Å². The number of aliphatic hydroxyl groups is 1. The first-order chi connectivity index (χ1) is 16.0. The Kier molecular flexibility index (Phi) is 7.91. The number of aliphatic carboxylic acids is 1. The summed E-state index contributed by atoms with van der Waals surface area (Å²) in [5.41, 5.74) is 2.28. The van der Waals surface area contributed by atoms with Crippen LogP contribution in [0.25, 0.3) is 0 Å². The Morgan fingerprint density at radius 1 is 1.21 bits per heavy atom. The van der Waals surface area contributed by atoms with Crippen LogP contribution in [-0.4, -0.2) is 54.2 Å². The number of aliphatic hydroxyl groups excluding tert-OH is 1. The molecule has 2 fully saturated rings. The van der Waals surface area contributed by atoms with Gasteiger partial charge in [-0.05, 0) is 86.3 Å². The van der Waals surface area contributed by atoms with Crippen LogP contribution >= 0.6 is 0 Å². The lowest BCUT2D eigenvalue weighted by Gasteiger charge is -2.33. The molecule has 2 N–H and O–H groups in total. The third kappa shape index (κ3) is 5.69. The Morgan fingerprint density at radius 3 is 2.73 bits per heavy atom. The second kappa shape index (κ2) is 10.9. The van der Waals surface area contributed by atoms with Gasteiger partial charge in [-0.3, -0.25) is 4.79 Å². The lowest BCUT2D eigenvalue weighted by atomic mass is 9.73. The van der Waals surface area contributed by atoms with E-state index < -0.39 is 5.97 Å². The first-order valence-electron chi connectivity index (χ1n) is 12.4. The second-order valence-corrected chi connectivity index (χ2v) is 9.81. The van der Waals surface area contributed by atoms with Crippen molar-refractivity contribution >= 4 is 11.9 Å². The average molecular weight is 461 g/mol. The number of carboxylic acid groups (broad SMARTS) is 1. The Morgan fingerprint density at radius 2 is 2.00 bits per heavy atom. The van der Waals surface area contributed by atoms with Crippen molar-refractivity contribution in [3.05, 3.63) is 29.3 Å². The Hall–Kier alpha value is -2.12. The number of carbonyl (C=O) groups excluding carboxylic acids is 1. The van der Waals surface area contributed by atoms with Crippen molar-refractivity contribution in [3.8, 4) is 5.75 Å². The van der Waals surface area contributed by atoms with Crippen LogP contribution < -0.4 is 4.74 Å². The fourth-order valence-corrected chi connectivity index (χ4v) is 5.95. The third-order valence-electron chi connectivity index (χ3n) is 7.80. The van der Waals surface area contributed by atoms with Gasteiger partial charge in [0.1, 0.15) is 11.9 Å². The summed E-state index contributed by atoms with van der Waals surface area (Å²) < 4.78 is 17.1. The molecule has 33 heavy (non-hydrogen) atoms. The van der Waals surface area contributed by atoms with Crippen LogP contribution in [0.4, 0.5) is 0 Å². The molecule has 1 saturated carbocycles. The van der Waals surface area contributed by atoms with E-state index in [-0.39, 0.29) is 36.6 Å². The molecule has 5 atom stereocenters. The number of carboxylic acids is 1. The summed E-state index contributed by atoms with van der Waals surface area (Å²) in [6, 6.07) is 5.86. The zero-order chi connectivity index (χ0) is 23.4. The maximum absolute atomic E-state index is 12.9. The number of rotatable bonds is 9. The minimum Gasteiger partial charge on any atom is -0.482 e.